The van der Waals surface area contributed by atoms with Crippen LogP contribution in [0.2, 0.25) is 0 Å². The van der Waals surface area contributed by atoms with Crippen LogP contribution < -0.4 is 5.56 Å². The molecule has 2 aromatic carbocycles. The Kier molecular flexibility index (Phi) is 2.67. The summed E-state index contributed by atoms with van der Waals surface area (Å²) in [7, 11) is 1.72. The first kappa shape index (κ1) is 11.7. The zero-order valence-corrected chi connectivity index (χ0v) is 10.4. The van der Waals surface area contributed by atoms with Gasteiger partial charge in [-0.3, -0.25) is 4.79 Å². The fourth-order valence-corrected chi connectivity index (χ4v) is 2.28. The molecular formula is C16H12FNO. The summed E-state index contributed by atoms with van der Waals surface area (Å²) in [5.74, 6) is -0.266. The number of fused-ring (bicyclic) bond motifs is 1. The zero-order chi connectivity index (χ0) is 13.4. The van der Waals surface area contributed by atoms with E-state index in [4.69, 9.17) is 0 Å². The number of nitrogens with zero attached hydrogens (tertiary/aromatic N) is 1. The molecule has 0 aliphatic carbocycles. The molecule has 0 unspecified atom stereocenters. The van der Waals surface area contributed by atoms with Crippen LogP contribution in [0.5, 0.6) is 0 Å². The number of hydrogen-bond donors (Lipinski definition) is 0. The predicted octanol–water partition coefficient (Wildman–Crippen LogP) is 3.34. The molecule has 0 aliphatic rings. The van der Waals surface area contributed by atoms with E-state index in [-0.39, 0.29) is 11.4 Å². The molecule has 0 atom stereocenters. The van der Waals surface area contributed by atoms with Crippen molar-refractivity contribution in [3.05, 3.63) is 70.9 Å². The van der Waals surface area contributed by atoms with Gasteiger partial charge in [-0.1, -0.05) is 30.3 Å². The molecule has 0 amide bonds. The van der Waals surface area contributed by atoms with Crippen LogP contribution in [0.4, 0.5) is 4.39 Å². The SMILES string of the molecule is Cn1cc(-c2ccc(F)cc2)c2ccccc2c1=O. The standard InChI is InChI=1S/C16H12FNO/c1-18-10-15(11-6-8-12(17)9-7-11)13-4-2-3-5-14(13)16(18)19/h2-10H,1H3. The Morgan fingerprint density at radius 1 is 0.947 bits per heavy atom. The number of pyridine rings is 1. The number of aryl methyl sites for hydroxylation is 1. The van der Waals surface area contributed by atoms with E-state index >= 15 is 0 Å². The third-order valence-electron chi connectivity index (χ3n) is 3.25. The van der Waals surface area contributed by atoms with E-state index in [9.17, 15) is 9.18 Å². The monoisotopic (exact) mass is 253 g/mol. The maximum atomic E-state index is 13.0. The maximum Gasteiger partial charge on any atom is 0.258 e. The van der Waals surface area contributed by atoms with E-state index in [0.29, 0.717) is 5.39 Å². The van der Waals surface area contributed by atoms with Crippen molar-refractivity contribution in [1.29, 1.82) is 0 Å². The van der Waals surface area contributed by atoms with Gasteiger partial charge in [-0.15, -0.1) is 0 Å². The second-order valence-corrected chi connectivity index (χ2v) is 4.51. The highest BCUT2D eigenvalue weighted by Gasteiger charge is 2.08. The molecule has 0 fully saturated rings. The van der Waals surface area contributed by atoms with Gasteiger partial charge in [0.1, 0.15) is 5.82 Å². The van der Waals surface area contributed by atoms with Gasteiger partial charge >= 0.3 is 0 Å². The van der Waals surface area contributed by atoms with E-state index in [1.165, 1.54) is 12.1 Å². The molecule has 3 rings (SSSR count). The summed E-state index contributed by atoms with van der Waals surface area (Å²) < 4.78 is 14.6. The van der Waals surface area contributed by atoms with Gasteiger partial charge < -0.3 is 4.57 Å². The molecule has 0 N–H and O–H groups in total. The molecule has 1 heterocycles. The first-order chi connectivity index (χ1) is 9.16. The van der Waals surface area contributed by atoms with E-state index < -0.39 is 0 Å². The molecule has 94 valence electrons. The Morgan fingerprint density at radius 2 is 1.58 bits per heavy atom. The largest absolute Gasteiger partial charge is 0.317 e. The van der Waals surface area contributed by atoms with Gasteiger partial charge in [0.05, 0.1) is 0 Å². The Bertz CT molecular complexity index is 803. The molecule has 0 saturated carbocycles. The van der Waals surface area contributed by atoms with Crippen LogP contribution in [0.3, 0.4) is 0 Å². The van der Waals surface area contributed by atoms with Gasteiger partial charge in [0.2, 0.25) is 0 Å². The van der Waals surface area contributed by atoms with Crippen LogP contribution in [0.25, 0.3) is 21.9 Å². The van der Waals surface area contributed by atoms with Crippen molar-refractivity contribution in [2.45, 2.75) is 0 Å². The van der Waals surface area contributed by atoms with E-state index in [2.05, 4.69) is 0 Å². The highest BCUT2D eigenvalue weighted by atomic mass is 19.1. The lowest BCUT2D eigenvalue weighted by atomic mass is 10.0. The average molecular weight is 253 g/mol. The van der Waals surface area contributed by atoms with Crippen LogP contribution in [0.1, 0.15) is 0 Å². The smallest absolute Gasteiger partial charge is 0.258 e. The van der Waals surface area contributed by atoms with Gasteiger partial charge in [-0.25, -0.2) is 4.39 Å². The molecule has 0 saturated heterocycles. The lowest BCUT2D eigenvalue weighted by Gasteiger charge is -2.09. The minimum Gasteiger partial charge on any atom is -0.317 e. The van der Waals surface area contributed by atoms with Crippen molar-refractivity contribution in [1.82, 2.24) is 4.57 Å². The summed E-state index contributed by atoms with van der Waals surface area (Å²) >= 11 is 0. The van der Waals surface area contributed by atoms with E-state index in [1.807, 2.05) is 24.3 Å². The second kappa shape index (κ2) is 4.35. The minimum atomic E-state index is -0.266. The van der Waals surface area contributed by atoms with E-state index in [0.717, 1.165) is 16.5 Å². The number of aromatic nitrogens is 1. The summed E-state index contributed by atoms with van der Waals surface area (Å²) in [4.78, 5) is 12.1. The molecular weight excluding hydrogens is 241 g/mol. The van der Waals surface area contributed by atoms with Crippen molar-refractivity contribution in [2.75, 3.05) is 0 Å². The van der Waals surface area contributed by atoms with Crippen molar-refractivity contribution in [2.24, 2.45) is 7.05 Å². The molecule has 0 bridgehead atoms. The highest BCUT2D eigenvalue weighted by molar-refractivity contribution is 5.95. The van der Waals surface area contributed by atoms with Crippen molar-refractivity contribution >= 4 is 10.8 Å². The quantitative estimate of drug-likeness (QED) is 0.652. The molecule has 3 aromatic rings. The number of benzene rings is 2. The zero-order valence-electron chi connectivity index (χ0n) is 10.4. The Labute approximate surface area is 109 Å². The highest BCUT2D eigenvalue weighted by Crippen LogP contribution is 2.26. The van der Waals surface area contributed by atoms with E-state index in [1.54, 1.807) is 29.9 Å². The van der Waals surface area contributed by atoms with Crippen LogP contribution >= 0.6 is 0 Å². The van der Waals surface area contributed by atoms with Gasteiger partial charge in [0.15, 0.2) is 0 Å². The number of halogens is 1. The molecule has 0 radical (unpaired) electrons. The third kappa shape index (κ3) is 1.93. The fraction of sp³-hybridized carbons (Fsp3) is 0.0625. The molecule has 2 nitrogen and oxygen atoms in total. The van der Waals surface area contributed by atoms with Crippen molar-refractivity contribution in [3.8, 4) is 11.1 Å². The fourth-order valence-electron chi connectivity index (χ4n) is 2.28. The van der Waals surface area contributed by atoms with Crippen LogP contribution in [0, 0.1) is 5.82 Å². The van der Waals surface area contributed by atoms with Crippen molar-refractivity contribution in [3.63, 3.8) is 0 Å². The third-order valence-corrected chi connectivity index (χ3v) is 3.25. The first-order valence-electron chi connectivity index (χ1n) is 6.01. The number of rotatable bonds is 1. The topological polar surface area (TPSA) is 22.0 Å². The molecule has 0 aliphatic heterocycles. The first-order valence-corrected chi connectivity index (χ1v) is 6.01. The molecule has 0 spiro atoms. The summed E-state index contributed by atoms with van der Waals surface area (Å²) in [5, 5.41) is 1.56. The normalized spacial score (nSPS) is 10.8. The van der Waals surface area contributed by atoms with Gasteiger partial charge in [0, 0.05) is 24.2 Å². The van der Waals surface area contributed by atoms with Gasteiger partial charge in [-0.05, 0) is 29.1 Å². The number of hydrogen-bond acceptors (Lipinski definition) is 1. The van der Waals surface area contributed by atoms with Crippen LogP contribution in [-0.2, 0) is 7.05 Å². The van der Waals surface area contributed by atoms with Crippen molar-refractivity contribution < 1.29 is 4.39 Å². The Hall–Kier alpha value is -2.42. The maximum absolute atomic E-state index is 13.0. The summed E-state index contributed by atoms with van der Waals surface area (Å²) in [6, 6.07) is 13.8. The van der Waals surface area contributed by atoms with Gasteiger partial charge in [0.25, 0.3) is 5.56 Å². The molecule has 19 heavy (non-hydrogen) atoms. The Morgan fingerprint density at radius 3 is 2.26 bits per heavy atom. The Balaban J connectivity index is 2.38. The molecule has 3 heteroatoms. The average Bonchev–Trinajstić information content (AvgIpc) is 2.44. The van der Waals surface area contributed by atoms with Gasteiger partial charge in [-0.2, -0.15) is 0 Å². The summed E-state index contributed by atoms with van der Waals surface area (Å²) in [6.45, 7) is 0. The minimum absolute atomic E-state index is 0.0264. The van der Waals surface area contributed by atoms with Crippen LogP contribution in [0.15, 0.2) is 59.5 Å². The van der Waals surface area contributed by atoms with Crippen LogP contribution in [-0.4, -0.2) is 4.57 Å². The second-order valence-electron chi connectivity index (χ2n) is 4.51. The summed E-state index contributed by atoms with van der Waals surface area (Å²) in [6.07, 6.45) is 1.79. The predicted molar refractivity (Wildman–Crippen MR) is 74.6 cm³/mol. The lowest BCUT2D eigenvalue weighted by molar-refractivity contribution is 0.628. The summed E-state index contributed by atoms with van der Waals surface area (Å²) in [5.41, 5.74) is 1.80. The molecule has 1 aromatic heterocycles. The lowest BCUT2D eigenvalue weighted by Crippen LogP contribution is -2.16.